The lowest BCUT2D eigenvalue weighted by Crippen LogP contribution is -2.18. The van der Waals surface area contributed by atoms with E-state index in [1.165, 1.54) is 26.5 Å². The monoisotopic (exact) mass is 363 g/mol. The minimum Gasteiger partial charge on any atom is -0.310 e. The van der Waals surface area contributed by atoms with Gasteiger partial charge >= 0.3 is 0 Å². The molecule has 1 atom stereocenters. The van der Waals surface area contributed by atoms with Gasteiger partial charge in [0, 0.05) is 20.3 Å². The lowest BCUT2D eigenvalue weighted by molar-refractivity contribution is 0.589. The maximum atomic E-state index is 3.60. The smallest absolute Gasteiger partial charge is 0.0302 e. The first-order chi connectivity index (χ1) is 10.0. The van der Waals surface area contributed by atoms with Gasteiger partial charge in [0.2, 0.25) is 0 Å². The zero-order valence-electron chi connectivity index (χ0n) is 13.0. The van der Waals surface area contributed by atoms with Crippen LogP contribution in [0.5, 0.6) is 0 Å². The van der Waals surface area contributed by atoms with Gasteiger partial charge in [0.05, 0.1) is 0 Å². The van der Waals surface area contributed by atoms with Crippen molar-refractivity contribution in [2.75, 3.05) is 6.54 Å². The Kier molecular flexibility index (Phi) is 5.91. The molecule has 0 saturated carbocycles. The lowest BCUT2D eigenvalue weighted by Gasteiger charge is -2.18. The van der Waals surface area contributed by atoms with Crippen LogP contribution in [0.2, 0.25) is 0 Å². The first-order valence-electron chi connectivity index (χ1n) is 7.29. The number of halogens is 1. The van der Waals surface area contributed by atoms with Gasteiger partial charge in [-0.3, -0.25) is 0 Å². The van der Waals surface area contributed by atoms with Crippen molar-refractivity contribution in [1.29, 1.82) is 0 Å². The van der Waals surface area contributed by atoms with Gasteiger partial charge in [-0.2, -0.15) is 0 Å². The average molecular weight is 364 g/mol. The molecule has 1 nitrogen and oxygen atoms in total. The predicted octanol–water partition coefficient (Wildman–Crippen LogP) is 5.89. The molecule has 2 aromatic rings. The van der Waals surface area contributed by atoms with Crippen LogP contribution < -0.4 is 5.32 Å². The quantitative estimate of drug-likeness (QED) is 0.710. The number of hydrogen-bond acceptors (Lipinski definition) is 2. The number of aryl methyl sites for hydroxylation is 2. The Morgan fingerprint density at radius 2 is 1.86 bits per heavy atom. The van der Waals surface area contributed by atoms with E-state index in [1.807, 2.05) is 11.8 Å². The fraction of sp³-hybridized carbons (Fsp3) is 0.333. The summed E-state index contributed by atoms with van der Waals surface area (Å²) >= 11 is 5.45. The third kappa shape index (κ3) is 4.35. The maximum Gasteiger partial charge on any atom is 0.0302 e. The van der Waals surface area contributed by atoms with E-state index in [0.717, 1.165) is 11.0 Å². The van der Waals surface area contributed by atoms with Crippen LogP contribution in [0.3, 0.4) is 0 Å². The molecule has 1 unspecified atom stereocenters. The number of benzene rings is 2. The van der Waals surface area contributed by atoms with Crippen LogP contribution in [0.1, 0.15) is 36.6 Å². The van der Waals surface area contributed by atoms with Gasteiger partial charge in [-0.1, -0.05) is 52.8 Å². The summed E-state index contributed by atoms with van der Waals surface area (Å²) in [6.45, 7) is 9.66. The van der Waals surface area contributed by atoms with Gasteiger partial charge in [-0.25, -0.2) is 0 Å². The van der Waals surface area contributed by atoms with Crippen molar-refractivity contribution in [3.05, 3.63) is 57.6 Å². The molecule has 0 spiro atoms. The molecule has 0 aliphatic rings. The number of hydrogen-bond donors (Lipinski definition) is 1. The average Bonchev–Trinajstić information content (AvgIpc) is 2.43. The molecule has 2 rings (SSSR count). The SMILES string of the molecule is CCNC(C)c1ccc(Br)cc1Sc1cc(C)ccc1C. The fourth-order valence-corrected chi connectivity index (χ4v) is 4.08. The molecule has 0 bridgehead atoms. The molecule has 0 fully saturated rings. The molecule has 1 N–H and O–H groups in total. The number of rotatable bonds is 5. The molecular weight excluding hydrogens is 342 g/mol. The van der Waals surface area contributed by atoms with Crippen molar-refractivity contribution in [2.45, 2.75) is 43.5 Å². The maximum absolute atomic E-state index is 3.60. The summed E-state index contributed by atoms with van der Waals surface area (Å²) < 4.78 is 1.13. The van der Waals surface area contributed by atoms with E-state index in [4.69, 9.17) is 0 Å². The highest BCUT2D eigenvalue weighted by Gasteiger charge is 2.12. The summed E-state index contributed by atoms with van der Waals surface area (Å²) in [5.41, 5.74) is 3.98. The summed E-state index contributed by atoms with van der Waals surface area (Å²) in [5, 5.41) is 3.50. The Balaban J connectivity index is 2.38. The molecule has 0 saturated heterocycles. The Labute approximate surface area is 140 Å². The molecule has 3 heteroatoms. The van der Waals surface area contributed by atoms with Crippen LogP contribution in [0.4, 0.5) is 0 Å². The molecule has 112 valence electrons. The van der Waals surface area contributed by atoms with Gasteiger partial charge in [0.25, 0.3) is 0 Å². The molecule has 0 aliphatic carbocycles. The fourth-order valence-electron chi connectivity index (χ4n) is 2.31. The normalized spacial score (nSPS) is 12.4. The Bertz CT molecular complexity index is 625. The second-order valence-corrected chi connectivity index (χ2v) is 7.33. The van der Waals surface area contributed by atoms with E-state index in [1.54, 1.807) is 0 Å². The van der Waals surface area contributed by atoms with Crippen molar-refractivity contribution in [3.63, 3.8) is 0 Å². The van der Waals surface area contributed by atoms with Crippen molar-refractivity contribution >= 4 is 27.7 Å². The zero-order chi connectivity index (χ0) is 15.4. The zero-order valence-corrected chi connectivity index (χ0v) is 15.4. The van der Waals surface area contributed by atoms with Crippen LogP contribution in [0.15, 0.2) is 50.7 Å². The number of nitrogens with one attached hydrogen (secondary N) is 1. The van der Waals surface area contributed by atoms with E-state index in [9.17, 15) is 0 Å². The van der Waals surface area contributed by atoms with Crippen LogP contribution in [0, 0.1) is 13.8 Å². The van der Waals surface area contributed by atoms with Crippen LogP contribution >= 0.6 is 27.7 Å². The van der Waals surface area contributed by atoms with E-state index in [-0.39, 0.29) is 0 Å². The van der Waals surface area contributed by atoms with Gasteiger partial charge in [-0.05, 0) is 62.2 Å². The molecule has 0 radical (unpaired) electrons. The largest absolute Gasteiger partial charge is 0.310 e. The van der Waals surface area contributed by atoms with Crippen LogP contribution in [-0.4, -0.2) is 6.54 Å². The van der Waals surface area contributed by atoms with Gasteiger partial charge in [0.15, 0.2) is 0 Å². The minimum atomic E-state index is 0.357. The third-order valence-corrected chi connectivity index (χ3v) is 5.24. The first kappa shape index (κ1) is 16.6. The molecule has 21 heavy (non-hydrogen) atoms. The van der Waals surface area contributed by atoms with Crippen molar-refractivity contribution in [2.24, 2.45) is 0 Å². The van der Waals surface area contributed by atoms with Gasteiger partial charge in [0.1, 0.15) is 0 Å². The molecular formula is C18H22BrNS. The summed E-state index contributed by atoms with van der Waals surface area (Å²) in [6, 6.07) is 13.5. The summed E-state index contributed by atoms with van der Waals surface area (Å²) in [5.74, 6) is 0. The van der Waals surface area contributed by atoms with E-state index in [2.05, 4.69) is 85.3 Å². The standard InChI is InChI=1S/C18H22BrNS/c1-5-20-14(4)16-9-8-15(19)11-18(16)21-17-10-12(2)6-7-13(17)3/h6-11,14,20H,5H2,1-4H3. The molecule has 0 amide bonds. The highest BCUT2D eigenvalue weighted by Crippen LogP contribution is 2.37. The summed E-state index contributed by atoms with van der Waals surface area (Å²) in [7, 11) is 0. The van der Waals surface area contributed by atoms with Crippen molar-refractivity contribution in [1.82, 2.24) is 5.32 Å². The first-order valence-corrected chi connectivity index (χ1v) is 8.90. The van der Waals surface area contributed by atoms with Crippen LogP contribution in [-0.2, 0) is 0 Å². The topological polar surface area (TPSA) is 12.0 Å². The van der Waals surface area contributed by atoms with E-state index < -0.39 is 0 Å². The second-order valence-electron chi connectivity index (χ2n) is 5.33. The van der Waals surface area contributed by atoms with Gasteiger partial charge in [-0.15, -0.1) is 0 Å². The van der Waals surface area contributed by atoms with Crippen molar-refractivity contribution < 1.29 is 0 Å². The second kappa shape index (κ2) is 7.48. The van der Waals surface area contributed by atoms with Gasteiger partial charge < -0.3 is 5.32 Å². The molecule has 0 heterocycles. The Hall–Kier alpha value is -0.770. The molecule has 0 aliphatic heterocycles. The summed E-state index contributed by atoms with van der Waals surface area (Å²) in [6.07, 6.45) is 0. The van der Waals surface area contributed by atoms with Crippen LogP contribution in [0.25, 0.3) is 0 Å². The minimum absolute atomic E-state index is 0.357. The van der Waals surface area contributed by atoms with E-state index in [0.29, 0.717) is 6.04 Å². The van der Waals surface area contributed by atoms with E-state index >= 15 is 0 Å². The van der Waals surface area contributed by atoms with Crippen molar-refractivity contribution in [3.8, 4) is 0 Å². The predicted molar refractivity (Wildman–Crippen MR) is 96.3 cm³/mol. The summed E-state index contributed by atoms with van der Waals surface area (Å²) in [4.78, 5) is 2.64. The molecule has 2 aromatic carbocycles. The molecule has 0 aromatic heterocycles. The third-order valence-electron chi connectivity index (χ3n) is 3.52. The lowest BCUT2D eigenvalue weighted by atomic mass is 10.1. The highest BCUT2D eigenvalue weighted by atomic mass is 79.9. The Morgan fingerprint density at radius 3 is 2.57 bits per heavy atom. The highest BCUT2D eigenvalue weighted by molar-refractivity contribution is 9.10. The Morgan fingerprint density at radius 1 is 1.10 bits per heavy atom.